The number of aryl methyl sites for hydroxylation is 4. The van der Waals surface area contributed by atoms with Gasteiger partial charge < -0.3 is 14.1 Å². The van der Waals surface area contributed by atoms with Crippen LogP contribution < -0.4 is 15.3 Å². The zero-order valence-corrected chi connectivity index (χ0v) is 17.1. The Kier molecular flexibility index (Phi) is 4.88. The first-order valence-electron chi connectivity index (χ1n) is 10.0. The molecule has 1 aromatic heterocycles. The molecule has 0 N–H and O–H groups in total. The summed E-state index contributed by atoms with van der Waals surface area (Å²) in [6.45, 7) is 9.67. The number of unbranched alkanes of at least 4 members (excludes halogenated alkanes) is 1. The lowest BCUT2D eigenvalue weighted by Gasteiger charge is -2.33. The average molecular weight is 377 g/mol. The van der Waals surface area contributed by atoms with Crippen molar-refractivity contribution in [2.75, 3.05) is 11.6 Å². The van der Waals surface area contributed by atoms with Crippen LogP contribution in [-0.4, -0.2) is 6.73 Å². The smallest absolute Gasteiger partial charge is 0.336 e. The number of nitrogens with zero attached hydrogens (tertiary/aromatic N) is 1. The Morgan fingerprint density at radius 3 is 2.71 bits per heavy atom. The lowest BCUT2D eigenvalue weighted by molar-refractivity contribution is 0.287. The van der Waals surface area contributed by atoms with Gasteiger partial charge in [0.05, 0.1) is 0 Å². The lowest BCUT2D eigenvalue weighted by Crippen LogP contribution is -2.32. The van der Waals surface area contributed by atoms with Crippen LogP contribution >= 0.6 is 0 Å². The van der Waals surface area contributed by atoms with Gasteiger partial charge in [0.1, 0.15) is 11.3 Å². The van der Waals surface area contributed by atoms with Crippen molar-refractivity contribution >= 4 is 16.7 Å². The Balaban J connectivity index is 1.81. The van der Waals surface area contributed by atoms with Crippen molar-refractivity contribution in [1.82, 2.24) is 0 Å². The predicted molar refractivity (Wildman–Crippen MR) is 113 cm³/mol. The molecule has 0 amide bonds. The molecule has 28 heavy (non-hydrogen) atoms. The molecular weight excluding hydrogens is 350 g/mol. The maximum absolute atomic E-state index is 12.1. The molecule has 146 valence electrons. The maximum atomic E-state index is 12.1. The zero-order chi connectivity index (χ0) is 19.8. The maximum Gasteiger partial charge on any atom is 0.336 e. The monoisotopic (exact) mass is 377 g/mol. The van der Waals surface area contributed by atoms with E-state index >= 15 is 0 Å². The highest BCUT2D eigenvalue weighted by atomic mass is 16.5. The summed E-state index contributed by atoms with van der Waals surface area (Å²) in [7, 11) is 0. The Labute approximate surface area is 165 Å². The number of benzene rings is 2. The van der Waals surface area contributed by atoms with Crippen molar-refractivity contribution in [1.29, 1.82) is 0 Å². The van der Waals surface area contributed by atoms with Crippen LogP contribution in [0.2, 0.25) is 0 Å². The Hall–Kier alpha value is -2.75. The van der Waals surface area contributed by atoms with Crippen LogP contribution in [0.25, 0.3) is 11.0 Å². The fraction of sp³-hybridized carbons (Fsp3) is 0.375. The molecule has 0 saturated heterocycles. The topological polar surface area (TPSA) is 42.7 Å². The van der Waals surface area contributed by atoms with Crippen LogP contribution in [0.5, 0.6) is 5.75 Å². The molecule has 0 spiro atoms. The van der Waals surface area contributed by atoms with Gasteiger partial charge in [0, 0.05) is 34.8 Å². The third kappa shape index (κ3) is 3.28. The molecule has 0 unspecified atom stereocenters. The van der Waals surface area contributed by atoms with E-state index in [1.165, 1.54) is 16.8 Å². The molecule has 0 aliphatic carbocycles. The third-order valence-corrected chi connectivity index (χ3v) is 5.61. The average Bonchev–Trinajstić information content (AvgIpc) is 2.68. The number of rotatable bonds is 4. The minimum Gasteiger partial charge on any atom is -0.472 e. The SMILES string of the molecule is CCCCc1cc(=O)oc2c(C)c3c(cc12)CN(c1cc(C)ccc1C)CO3. The summed E-state index contributed by atoms with van der Waals surface area (Å²) in [5, 5.41) is 1.04. The minimum absolute atomic E-state index is 0.283. The number of fused-ring (bicyclic) bond motifs is 2. The van der Waals surface area contributed by atoms with Crippen molar-refractivity contribution in [3.05, 3.63) is 68.6 Å². The Morgan fingerprint density at radius 2 is 1.93 bits per heavy atom. The van der Waals surface area contributed by atoms with Crippen LogP contribution in [0.4, 0.5) is 5.69 Å². The van der Waals surface area contributed by atoms with Gasteiger partial charge in [0.15, 0.2) is 6.73 Å². The highest BCUT2D eigenvalue weighted by Crippen LogP contribution is 2.37. The van der Waals surface area contributed by atoms with Crippen molar-refractivity contribution in [3.8, 4) is 5.75 Å². The van der Waals surface area contributed by atoms with Gasteiger partial charge in [-0.15, -0.1) is 0 Å². The van der Waals surface area contributed by atoms with Crippen molar-refractivity contribution in [3.63, 3.8) is 0 Å². The van der Waals surface area contributed by atoms with Gasteiger partial charge in [-0.3, -0.25) is 0 Å². The van der Waals surface area contributed by atoms with Gasteiger partial charge in [-0.25, -0.2) is 4.79 Å². The number of hydrogen-bond donors (Lipinski definition) is 0. The summed E-state index contributed by atoms with van der Waals surface area (Å²) in [5.41, 5.74) is 7.20. The summed E-state index contributed by atoms with van der Waals surface area (Å²) in [6, 6.07) is 10.3. The van der Waals surface area contributed by atoms with Gasteiger partial charge >= 0.3 is 5.63 Å². The van der Waals surface area contributed by atoms with E-state index in [-0.39, 0.29) is 5.63 Å². The number of ether oxygens (including phenoxy) is 1. The van der Waals surface area contributed by atoms with E-state index < -0.39 is 0 Å². The molecule has 0 atom stereocenters. The summed E-state index contributed by atoms with van der Waals surface area (Å²) >= 11 is 0. The fourth-order valence-corrected chi connectivity index (χ4v) is 4.07. The Bertz CT molecular complexity index is 1100. The van der Waals surface area contributed by atoms with Gasteiger partial charge in [0.25, 0.3) is 0 Å². The van der Waals surface area contributed by atoms with E-state index in [0.717, 1.165) is 53.6 Å². The molecule has 2 aromatic carbocycles. The van der Waals surface area contributed by atoms with E-state index in [1.807, 2.05) is 6.92 Å². The molecule has 0 bridgehead atoms. The molecular formula is C24H27NO3. The summed E-state index contributed by atoms with van der Waals surface area (Å²) in [4.78, 5) is 14.3. The van der Waals surface area contributed by atoms with E-state index in [9.17, 15) is 4.79 Å². The van der Waals surface area contributed by atoms with Crippen LogP contribution in [-0.2, 0) is 13.0 Å². The van der Waals surface area contributed by atoms with E-state index in [4.69, 9.17) is 9.15 Å². The van der Waals surface area contributed by atoms with E-state index in [2.05, 4.69) is 49.9 Å². The second kappa shape index (κ2) is 7.34. The molecule has 4 heteroatoms. The highest BCUT2D eigenvalue weighted by molar-refractivity contribution is 5.86. The van der Waals surface area contributed by atoms with Crippen molar-refractivity contribution in [2.45, 2.75) is 53.5 Å². The molecule has 0 saturated carbocycles. The first-order chi connectivity index (χ1) is 13.5. The van der Waals surface area contributed by atoms with Gasteiger partial charge in [-0.1, -0.05) is 25.5 Å². The molecule has 0 fully saturated rings. The van der Waals surface area contributed by atoms with Crippen LogP contribution in [0, 0.1) is 20.8 Å². The fourth-order valence-electron chi connectivity index (χ4n) is 4.07. The largest absolute Gasteiger partial charge is 0.472 e. The van der Waals surface area contributed by atoms with Crippen LogP contribution in [0.1, 0.15) is 47.6 Å². The molecule has 3 aromatic rings. The first kappa shape index (κ1) is 18.6. The first-order valence-corrected chi connectivity index (χ1v) is 10.0. The normalized spacial score (nSPS) is 13.5. The third-order valence-electron chi connectivity index (χ3n) is 5.61. The van der Waals surface area contributed by atoms with Crippen LogP contribution in [0.15, 0.2) is 39.5 Å². The standard InChI is InChI=1S/C24H27NO3/c1-5-6-7-18-12-22(26)28-24-17(4)23-19(11-20(18)24)13-25(14-27-23)21-10-15(2)8-9-16(21)3/h8-12H,5-7,13-14H2,1-4H3. The van der Waals surface area contributed by atoms with Crippen LogP contribution in [0.3, 0.4) is 0 Å². The second-order valence-electron chi connectivity index (χ2n) is 7.82. The summed E-state index contributed by atoms with van der Waals surface area (Å²) < 4.78 is 11.7. The molecule has 2 heterocycles. The van der Waals surface area contributed by atoms with Gasteiger partial charge in [-0.05, 0) is 62.4 Å². The molecule has 4 nitrogen and oxygen atoms in total. The Morgan fingerprint density at radius 1 is 1.11 bits per heavy atom. The second-order valence-corrected chi connectivity index (χ2v) is 7.82. The van der Waals surface area contributed by atoms with E-state index in [1.54, 1.807) is 6.07 Å². The number of hydrogen-bond acceptors (Lipinski definition) is 4. The summed E-state index contributed by atoms with van der Waals surface area (Å²) in [5.74, 6) is 0.852. The summed E-state index contributed by atoms with van der Waals surface area (Å²) in [6.07, 6.45) is 3.04. The quantitative estimate of drug-likeness (QED) is 0.570. The predicted octanol–water partition coefficient (Wildman–Crippen LogP) is 5.42. The lowest BCUT2D eigenvalue weighted by atomic mass is 9.98. The zero-order valence-electron chi connectivity index (χ0n) is 17.1. The number of anilines is 1. The minimum atomic E-state index is -0.283. The van der Waals surface area contributed by atoms with Gasteiger partial charge in [-0.2, -0.15) is 0 Å². The molecule has 1 aliphatic rings. The highest BCUT2D eigenvalue weighted by Gasteiger charge is 2.24. The molecule has 0 radical (unpaired) electrons. The van der Waals surface area contributed by atoms with Crippen molar-refractivity contribution in [2.24, 2.45) is 0 Å². The molecule has 4 rings (SSSR count). The van der Waals surface area contributed by atoms with Gasteiger partial charge in [0.2, 0.25) is 0 Å². The van der Waals surface area contributed by atoms with Crippen molar-refractivity contribution < 1.29 is 9.15 Å². The van der Waals surface area contributed by atoms with E-state index in [0.29, 0.717) is 12.3 Å². The molecule has 1 aliphatic heterocycles.